The average molecular weight is 1030 g/mol. The van der Waals surface area contributed by atoms with Crippen LogP contribution in [-0.2, 0) is 27.3 Å². The number of amides is 4. The Kier molecular flexibility index (Phi) is 27.0. The van der Waals surface area contributed by atoms with Crippen LogP contribution in [0, 0.1) is 52.4 Å². The van der Waals surface area contributed by atoms with Gasteiger partial charge in [0.1, 0.15) is 11.5 Å². The van der Waals surface area contributed by atoms with Crippen LogP contribution in [0.15, 0.2) is 86.0 Å². The summed E-state index contributed by atoms with van der Waals surface area (Å²) in [4.78, 5) is 77.6. The van der Waals surface area contributed by atoms with E-state index in [0.717, 1.165) is 53.5 Å². The predicted molar refractivity (Wildman–Crippen MR) is 286 cm³/mol. The van der Waals surface area contributed by atoms with Crippen LogP contribution in [0.3, 0.4) is 0 Å². The summed E-state index contributed by atoms with van der Waals surface area (Å²) in [6, 6.07) is 17.8. The normalized spacial score (nSPS) is 11.6. The third-order valence-electron chi connectivity index (χ3n) is 12.1. The van der Waals surface area contributed by atoms with E-state index in [4.69, 9.17) is 14.8 Å². The number of nitrogens with one attached hydrogen (secondary N) is 2. The van der Waals surface area contributed by atoms with Crippen LogP contribution >= 0.6 is 0 Å². The van der Waals surface area contributed by atoms with Crippen LogP contribution in [0.25, 0.3) is 0 Å². The summed E-state index contributed by atoms with van der Waals surface area (Å²) >= 11 is 0. The first kappa shape index (κ1) is 66.0. The molecule has 0 saturated heterocycles. The first-order valence-corrected chi connectivity index (χ1v) is 24.6. The zero-order chi connectivity index (χ0) is 55.5. The molecule has 0 aromatic heterocycles. The van der Waals surface area contributed by atoms with Crippen LogP contribution in [-0.4, -0.2) is 63.3 Å². The molecule has 0 aliphatic carbocycles. The Labute approximate surface area is 462 Å². The number of aryl methyl sites for hydroxylation is 4. The second-order valence-corrected chi connectivity index (χ2v) is 20.6. The van der Waals surface area contributed by atoms with Gasteiger partial charge in [0, 0.05) is 40.3 Å². The molecule has 0 saturated carbocycles. The van der Waals surface area contributed by atoms with Crippen LogP contribution in [0.5, 0.6) is 11.5 Å². The van der Waals surface area contributed by atoms with Gasteiger partial charge in [-0.15, -0.1) is 13.2 Å². The number of aromatic hydroxyl groups is 1. The van der Waals surface area contributed by atoms with Gasteiger partial charge in [-0.2, -0.15) is 0 Å². The minimum absolute atomic E-state index is 0. The SMILES string of the molecule is C=CCc1ccc(C(=O)NN(C(=O)c2cc(C)cc(C)c2)[C@H](CCC)C(C)(C)C)c(C)c1O.C=CCc1ccc(C(=O)NN(C(=O)c2cc(C)cc(C)c2)[C@H](CCC)C(C)(C)C)c(C)c1OC(C)=O.O=CO[O-].[Na+]. The van der Waals surface area contributed by atoms with Crippen molar-refractivity contribution in [1.29, 1.82) is 0 Å². The van der Waals surface area contributed by atoms with Crippen LogP contribution in [0.4, 0.5) is 0 Å². The van der Waals surface area contributed by atoms with Crippen molar-refractivity contribution in [2.75, 3.05) is 0 Å². The zero-order valence-corrected chi connectivity index (χ0v) is 48.8. The second kappa shape index (κ2) is 30.3. The number of carbonyl (C=O) groups excluding carboxylic acids is 6. The molecule has 4 amide bonds. The minimum Gasteiger partial charge on any atom is -0.662 e. The fraction of sp³-hybridized carbons (Fsp3) is 0.424. The van der Waals surface area contributed by atoms with Crippen molar-refractivity contribution in [3.05, 3.63) is 153 Å². The Balaban J connectivity index is 0.000000683. The van der Waals surface area contributed by atoms with Gasteiger partial charge in [0.15, 0.2) is 0 Å². The Bertz CT molecular complexity index is 2570. The number of allylic oxidation sites excluding steroid dienone is 2. The van der Waals surface area contributed by atoms with E-state index >= 15 is 0 Å². The van der Waals surface area contributed by atoms with Crippen molar-refractivity contribution >= 4 is 36.1 Å². The van der Waals surface area contributed by atoms with E-state index in [1.807, 2.05) is 64.1 Å². The van der Waals surface area contributed by atoms with E-state index < -0.39 is 17.8 Å². The minimum atomic E-state index is -0.469. The smallest absolute Gasteiger partial charge is 0.662 e. The number of ether oxygens (including phenoxy) is 1. The Hall–Kier alpha value is -6.06. The van der Waals surface area contributed by atoms with Crippen LogP contribution in [0.2, 0.25) is 0 Å². The molecular formula is C59H79N4NaO10. The molecule has 14 nitrogen and oxygen atoms in total. The molecule has 4 aromatic rings. The molecule has 0 aliphatic heterocycles. The summed E-state index contributed by atoms with van der Waals surface area (Å²) in [5.41, 5.74) is 13.4. The van der Waals surface area contributed by atoms with Crippen LogP contribution in [0.1, 0.15) is 174 Å². The molecule has 74 heavy (non-hydrogen) atoms. The third-order valence-corrected chi connectivity index (χ3v) is 12.1. The predicted octanol–water partition coefficient (Wildman–Crippen LogP) is 7.75. The van der Waals surface area contributed by atoms with Gasteiger partial charge in [-0.3, -0.25) is 39.6 Å². The van der Waals surface area contributed by atoms with Crippen LogP contribution < -0.4 is 50.4 Å². The van der Waals surface area contributed by atoms with Crippen molar-refractivity contribution in [3.63, 3.8) is 0 Å². The third kappa shape index (κ3) is 19.0. The summed E-state index contributed by atoms with van der Waals surface area (Å²) in [6.45, 7) is 36.4. The van der Waals surface area contributed by atoms with Crippen molar-refractivity contribution in [2.45, 2.75) is 154 Å². The Morgan fingerprint density at radius 2 is 1.00 bits per heavy atom. The maximum absolute atomic E-state index is 13.8. The van der Waals surface area contributed by atoms with Gasteiger partial charge in [0.25, 0.3) is 30.1 Å². The molecule has 0 aliphatic rings. The summed E-state index contributed by atoms with van der Waals surface area (Å²) in [6.07, 6.45) is 7.59. The number of hydrogen-bond donors (Lipinski definition) is 3. The quantitative estimate of drug-likeness (QED) is 0.0190. The van der Waals surface area contributed by atoms with E-state index in [1.165, 1.54) is 16.9 Å². The monoisotopic (exact) mass is 1030 g/mol. The number of phenols is 1. The number of carbonyl (C=O) groups is 6. The summed E-state index contributed by atoms with van der Waals surface area (Å²) < 4.78 is 5.46. The zero-order valence-electron chi connectivity index (χ0n) is 46.8. The number of nitrogens with zero attached hydrogens (tertiary/aromatic N) is 2. The van der Waals surface area contributed by atoms with Gasteiger partial charge < -0.3 is 20.0 Å². The number of hydrogen-bond acceptors (Lipinski definition) is 10. The van der Waals surface area contributed by atoms with E-state index in [2.05, 4.69) is 84.3 Å². The Morgan fingerprint density at radius 1 is 0.649 bits per heavy atom. The summed E-state index contributed by atoms with van der Waals surface area (Å²) in [5.74, 6) is -1.40. The van der Waals surface area contributed by atoms with Gasteiger partial charge in [0.2, 0.25) is 0 Å². The number of phenolic OH excluding ortho intramolecular Hbond substituents is 1. The second-order valence-electron chi connectivity index (χ2n) is 20.6. The van der Waals surface area contributed by atoms with E-state index in [-0.39, 0.29) is 76.5 Å². The number of rotatable bonds is 16. The molecule has 4 aromatic carbocycles. The maximum Gasteiger partial charge on any atom is 1.00 e. The Morgan fingerprint density at radius 3 is 1.32 bits per heavy atom. The van der Waals surface area contributed by atoms with Crippen molar-refractivity contribution in [1.82, 2.24) is 20.9 Å². The molecule has 0 bridgehead atoms. The van der Waals surface area contributed by atoms with Crippen molar-refractivity contribution < 1.29 is 78.3 Å². The molecule has 396 valence electrons. The van der Waals surface area contributed by atoms with Gasteiger partial charge >= 0.3 is 35.5 Å². The first-order valence-electron chi connectivity index (χ1n) is 24.6. The number of benzene rings is 4. The molecular weight excluding hydrogens is 948 g/mol. The average Bonchev–Trinajstić information content (AvgIpc) is 3.29. The van der Waals surface area contributed by atoms with Crippen molar-refractivity contribution in [3.8, 4) is 11.5 Å². The fourth-order valence-corrected chi connectivity index (χ4v) is 8.72. The molecule has 0 spiro atoms. The molecule has 0 radical (unpaired) electrons. The topological polar surface area (TPSA) is 195 Å². The molecule has 4 rings (SSSR count). The van der Waals surface area contributed by atoms with Gasteiger partial charge in [-0.05, 0) is 126 Å². The number of esters is 1. The maximum atomic E-state index is 13.8. The molecule has 0 fully saturated rings. The first-order chi connectivity index (χ1) is 34.1. The summed E-state index contributed by atoms with van der Waals surface area (Å²) in [5, 5.41) is 22.0. The van der Waals surface area contributed by atoms with E-state index in [1.54, 1.807) is 50.3 Å². The molecule has 2 atom stereocenters. The molecule has 0 unspecified atom stereocenters. The molecule has 0 heterocycles. The largest absolute Gasteiger partial charge is 1.00 e. The molecule has 15 heteroatoms. The van der Waals surface area contributed by atoms with Gasteiger partial charge in [-0.1, -0.05) is 127 Å². The molecule has 3 N–H and O–H groups in total. The number of hydrazine groups is 2. The van der Waals surface area contributed by atoms with E-state index in [9.17, 15) is 29.1 Å². The van der Waals surface area contributed by atoms with Crippen molar-refractivity contribution in [2.24, 2.45) is 10.8 Å². The van der Waals surface area contributed by atoms with Gasteiger partial charge in [-0.25, -0.2) is 10.0 Å². The summed E-state index contributed by atoms with van der Waals surface area (Å²) in [7, 11) is 0. The van der Waals surface area contributed by atoms with E-state index in [0.29, 0.717) is 57.5 Å². The standard InChI is InChI=1S/C30H40N2O4.C28H38N2O3.CH2O3.Na/c1-10-12-23-14-15-25(21(5)27(23)36-22(6)33)28(34)31-32(26(13-11-2)30(7,8)9)29(35)24-17-19(3)16-20(4)18-24;1-9-11-21-13-14-23(20(5)25(21)31)26(32)29-30(24(12-10-2)28(6,7)8)27(33)22-16-18(3)15-19(4)17-22;2-1-4-3;/h10,14-18,26H,1,11-13H2,2-9H3,(H,31,34);9,13-17,24,31H,1,10-12H2,2-8H3,(H,29,32);1,3H;/q;;;+1/p-1/t26-;24-;;/m11../s1. The van der Waals surface area contributed by atoms with Gasteiger partial charge in [0.05, 0.1) is 12.1 Å². The fourth-order valence-electron chi connectivity index (χ4n) is 8.72.